The SMILES string of the molecule is C1N2CN3CN1CN(C2)C3.[2H]C([2H])([2H])Oc1cc2c(cc1OC([2H])([2H])[2H])CCN=C2.[2H]C([2H])([2H])Oc1ccc(CCN)cc1OC([2H])([2H])[2H]. The maximum atomic E-state index is 7.13. The van der Waals surface area contributed by atoms with Gasteiger partial charge in [-0.2, -0.15) is 0 Å². The predicted molar refractivity (Wildman–Crippen MR) is 145 cm³/mol. The molecule has 5 aliphatic rings. The Morgan fingerprint density at radius 1 is 0.757 bits per heavy atom. The number of nitrogens with zero attached hydrogens (tertiary/aromatic N) is 5. The van der Waals surface area contributed by atoms with Gasteiger partial charge in [0.2, 0.25) is 0 Å². The van der Waals surface area contributed by atoms with E-state index in [1.54, 1.807) is 12.3 Å². The summed E-state index contributed by atoms with van der Waals surface area (Å²) >= 11 is 0. The first kappa shape index (κ1) is 15.5. The van der Waals surface area contributed by atoms with Gasteiger partial charge in [-0.05, 0) is 60.3 Å². The molecular formula is C27H40N6O4. The predicted octanol–water partition coefficient (Wildman–Crippen LogP) is 1.86. The first-order valence-corrected chi connectivity index (χ1v) is 11.8. The van der Waals surface area contributed by atoms with Crippen LogP contribution in [0.2, 0.25) is 0 Å². The van der Waals surface area contributed by atoms with Crippen LogP contribution in [-0.4, -0.2) is 107 Å². The lowest BCUT2D eigenvalue weighted by molar-refractivity contribution is -0.194. The Morgan fingerprint density at radius 2 is 1.30 bits per heavy atom. The molecule has 10 nitrogen and oxygen atoms in total. The monoisotopic (exact) mass is 524 g/mol. The molecule has 4 saturated heterocycles. The maximum Gasteiger partial charge on any atom is 0.161 e. The molecule has 0 atom stereocenters. The van der Waals surface area contributed by atoms with Crippen LogP contribution in [0.5, 0.6) is 23.0 Å². The van der Waals surface area contributed by atoms with E-state index >= 15 is 0 Å². The van der Waals surface area contributed by atoms with Gasteiger partial charge in [-0.1, -0.05) is 6.07 Å². The van der Waals surface area contributed by atoms with Crippen molar-refractivity contribution >= 4 is 6.21 Å². The summed E-state index contributed by atoms with van der Waals surface area (Å²) < 4.78 is 104. The van der Waals surface area contributed by atoms with Crippen LogP contribution in [0.15, 0.2) is 35.3 Å². The third-order valence-electron chi connectivity index (χ3n) is 6.23. The van der Waals surface area contributed by atoms with E-state index in [4.69, 9.17) is 41.1 Å². The summed E-state index contributed by atoms with van der Waals surface area (Å²) in [4.78, 5) is 14.0. The van der Waals surface area contributed by atoms with Crippen LogP contribution < -0.4 is 24.7 Å². The van der Waals surface area contributed by atoms with E-state index in [0.717, 1.165) is 11.1 Å². The zero-order valence-corrected chi connectivity index (χ0v) is 20.5. The lowest BCUT2D eigenvalue weighted by atomic mass is 10.0. The average molecular weight is 525 g/mol. The highest BCUT2D eigenvalue weighted by Gasteiger charge is 2.36. The van der Waals surface area contributed by atoms with Gasteiger partial charge in [0.1, 0.15) is 0 Å². The van der Waals surface area contributed by atoms with Crippen LogP contribution in [-0.2, 0) is 12.8 Å². The van der Waals surface area contributed by atoms with Gasteiger partial charge >= 0.3 is 0 Å². The lowest BCUT2D eigenvalue weighted by Crippen LogP contribution is -2.71. The fourth-order valence-electron chi connectivity index (χ4n) is 4.73. The maximum absolute atomic E-state index is 7.13. The van der Waals surface area contributed by atoms with Crippen molar-refractivity contribution in [3.05, 3.63) is 47.0 Å². The molecule has 4 fully saturated rings. The molecule has 0 aliphatic carbocycles. The summed E-state index contributed by atoms with van der Waals surface area (Å²) in [6.45, 7) is 8.10. The quantitative estimate of drug-likeness (QED) is 0.608. The minimum Gasteiger partial charge on any atom is -0.493 e. The lowest BCUT2D eigenvalue weighted by Gasteiger charge is -2.56. The van der Waals surface area contributed by atoms with Gasteiger partial charge in [0.15, 0.2) is 23.0 Å². The Kier molecular flexibility index (Phi) is 5.48. The van der Waals surface area contributed by atoms with E-state index in [0.29, 0.717) is 31.5 Å². The van der Waals surface area contributed by atoms with Crippen LogP contribution in [0.1, 0.15) is 33.1 Å². The zero-order chi connectivity index (χ0) is 36.2. The molecule has 0 saturated carbocycles. The average Bonchev–Trinajstić information content (AvgIpc) is 2.92. The Balaban J connectivity index is 0.000000173. The normalized spacial score (nSPS) is 30.3. The van der Waals surface area contributed by atoms with Crippen LogP contribution in [0.4, 0.5) is 0 Å². The van der Waals surface area contributed by atoms with Gasteiger partial charge in [-0.25, -0.2) is 0 Å². The highest BCUT2D eigenvalue weighted by atomic mass is 16.5. The Morgan fingerprint density at radius 3 is 1.86 bits per heavy atom. The van der Waals surface area contributed by atoms with Crippen molar-refractivity contribution in [2.75, 3.05) is 81.3 Å². The topological polar surface area (TPSA) is 88.3 Å². The standard InChI is InChI=1S/C11H13NO2.C10H15NO2.C6H12N4/c1-13-10-5-8-3-4-12-7-9(8)6-11(10)14-2;1-12-9-4-3-8(5-6-11)7-10(9)13-2;1-7-2-9-4-8(1)5-10(3-7)6-9/h5-7H,3-4H2,1-2H3;3-4,7H,5-6,11H2,1-2H3;1-6H2/i2*1D3,2D3;. The number of ether oxygens (including phenoxy) is 4. The number of methoxy groups -OCH3 is 4. The molecule has 5 aliphatic heterocycles. The molecular weight excluding hydrogens is 472 g/mol. The minimum absolute atomic E-state index is 0.102. The Bertz CT molecular complexity index is 1390. The van der Waals surface area contributed by atoms with Gasteiger partial charge in [0.25, 0.3) is 0 Å². The second-order valence-electron chi connectivity index (χ2n) is 9.04. The molecule has 10 heteroatoms. The first-order valence-electron chi connectivity index (χ1n) is 17.8. The van der Waals surface area contributed by atoms with Crippen molar-refractivity contribution in [1.82, 2.24) is 19.6 Å². The third kappa shape index (κ3) is 6.91. The van der Waals surface area contributed by atoms with Crippen molar-refractivity contribution in [2.45, 2.75) is 12.8 Å². The molecule has 2 aromatic carbocycles. The molecule has 5 heterocycles. The summed E-state index contributed by atoms with van der Waals surface area (Å²) in [5.74, 6) is -0.512. The Labute approximate surface area is 237 Å². The second-order valence-corrected chi connectivity index (χ2v) is 9.04. The van der Waals surface area contributed by atoms with Crippen molar-refractivity contribution < 1.29 is 35.4 Å². The molecule has 4 bridgehead atoms. The van der Waals surface area contributed by atoms with Crippen molar-refractivity contribution in [1.29, 1.82) is 0 Å². The number of hydrogen-bond donors (Lipinski definition) is 1. The van der Waals surface area contributed by atoms with E-state index in [2.05, 4.69) is 24.6 Å². The smallest absolute Gasteiger partial charge is 0.161 e. The van der Waals surface area contributed by atoms with E-state index in [1.807, 2.05) is 0 Å². The van der Waals surface area contributed by atoms with Gasteiger partial charge in [0, 0.05) is 12.8 Å². The summed E-state index contributed by atoms with van der Waals surface area (Å²) in [5.41, 5.74) is 7.69. The number of benzene rings is 2. The molecule has 202 valence electrons. The number of hydrogen-bond acceptors (Lipinski definition) is 10. The summed E-state index contributed by atoms with van der Waals surface area (Å²) in [6.07, 6.45) is 2.76. The molecule has 2 aromatic rings. The molecule has 0 aromatic heterocycles. The van der Waals surface area contributed by atoms with E-state index < -0.39 is 28.2 Å². The van der Waals surface area contributed by atoms with Crippen LogP contribution in [0, 0.1) is 0 Å². The van der Waals surface area contributed by atoms with Crippen LogP contribution >= 0.6 is 0 Å². The highest BCUT2D eigenvalue weighted by molar-refractivity contribution is 5.84. The number of fused-ring (bicyclic) bond motifs is 1. The largest absolute Gasteiger partial charge is 0.493 e. The molecule has 37 heavy (non-hydrogen) atoms. The minimum atomic E-state index is -2.69. The molecule has 7 rings (SSSR count). The number of aliphatic imine (C=N–C) groups is 1. The van der Waals surface area contributed by atoms with Crippen molar-refractivity contribution in [3.63, 3.8) is 0 Å². The third-order valence-corrected chi connectivity index (χ3v) is 6.23. The summed E-state index contributed by atoms with van der Waals surface area (Å²) in [7, 11) is -10.7. The van der Waals surface area contributed by atoms with Gasteiger partial charge in [0.05, 0.1) is 84.6 Å². The fourth-order valence-corrected chi connectivity index (χ4v) is 4.73. The van der Waals surface area contributed by atoms with Crippen LogP contribution in [0.25, 0.3) is 0 Å². The van der Waals surface area contributed by atoms with Crippen molar-refractivity contribution in [2.24, 2.45) is 10.7 Å². The molecule has 2 N–H and O–H groups in total. The number of nitrogens with two attached hydrogens (primary N) is 1. The molecule has 0 amide bonds. The molecule has 0 spiro atoms. The van der Waals surface area contributed by atoms with Gasteiger partial charge in [-0.15, -0.1) is 0 Å². The fraction of sp³-hybridized carbons (Fsp3) is 0.519. The molecule has 0 radical (unpaired) electrons. The second kappa shape index (κ2) is 13.1. The zero-order valence-electron chi connectivity index (χ0n) is 32.5. The summed E-state index contributed by atoms with van der Waals surface area (Å²) in [6, 6.07) is 7.32. The van der Waals surface area contributed by atoms with Gasteiger partial charge < -0.3 is 24.7 Å². The summed E-state index contributed by atoms with van der Waals surface area (Å²) in [5, 5.41) is 0. The van der Waals surface area contributed by atoms with E-state index in [1.165, 1.54) is 64.3 Å². The van der Waals surface area contributed by atoms with Crippen LogP contribution in [0.3, 0.4) is 0 Å². The molecule has 0 unspecified atom stereocenters. The van der Waals surface area contributed by atoms with E-state index in [9.17, 15) is 0 Å². The van der Waals surface area contributed by atoms with E-state index in [-0.39, 0.29) is 23.0 Å². The van der Waals surface area contributed by atoms with Crippen molar-refractivity contribution in [3.8, 4) is 23.0 Å². The Hall–Kier alpha value is -2.89. The van der Waals surface area contributed by atoms with Gasteiger partial charge in [-0.3, -0.25) is 24.6 Å². The number of rotatable bonds is 6. The first-order chi connectivity index (χ1) is 22.6. The highest BCUT2D eigenvalue weighted by Crippen LogP contribution is 2.31.